The molecule has 3 aliphatic heterocycles. The van der Waals surface area contributed by atoms with E-state index in [1.54, 1.807) is 24.4 Å². The molecule has 0 aliphatic carbocycles. The molecule has 0 radical (unpaired) electrons. The maximum absolute atomic E-state index is 14.8. The Bertz CT molecular complexity index is 1720. The Balaban J connectivity index is 1.17. The van der Waals surface area contributed by atoms with E-state index in [9.17, 15) is 13.6 Å². The SMILES string of the molecule is CNC1CC2CCC1N2C(=O)c1ccc(Nc2ncc3c(n2)-c2ccc(Cl)cc2C(c2c(F)cccc2F)=NC3)cc1. The first kappa shape index (κ1) is 26.7. The number of aliphatic imine (C=N–C) groups is 1. The van der Waals surface area contributed by atoms with Crippen molar-refractivity contribution in [2.24, 2.45) is 4.99 Å². The van der Waals surface area contributed by atoms with Gasteiger partial charge in [0, 0.05) is 57.3 Å². The Hall–Kier alpha value is -4.21. The first-order valence-corrected chi connectivity index (χ1v) is 14.3. The molecule has 4 aromatic rings. The molecule has 3 aliphatic rings. The van der Waals surface area contributed by atoms with Crippen molar-refractivity contribution in [2.45, 2.75) is 43.9 Å². The lowest BCUT2D eigenvalue weighted by atomic mass is 9.95. The van der Waals surface area contributed by atoms with Crippen molar-refractivity contribution in [1.29, 1.82) is 0 Å². The van der Waals surface area contributed by atoms with E-state index in [0.717, 1.165) is 24.9 Å². The molecule has 0 saturated carbocycles. The normalized spacial score (nSPS) is 20.5. The molecular weight excluding hydrogens is 558 g/mol. The number of aromatic nitrogens is 2. The zero-order chi connectivity index (χ0) is 29.0. The summed E-state index contributed by atoms with van der Waals surface area (Å²) in [7, 11) is 1.96. The molecule has 3 atom stereocenters. The van der Waals surface area contributed by atoms with Crippen LogP contribution in [0.15, 0.2) is 71.9 Å². The molecule has 10 heteroatoms. The summed E-state index contributed by atoms with van der Waals surface area (Å²) < 4.78 is 29.6. The number of carbonyl (C=O) groups is 1. The van der Waals surface area contributed by atoms with Gasteiger partial charge in [-0.2, -0.15) is 0 Å². The number of rotatable bonds is 5. The molecular formula is C32H27ClF2N6O. The molecule has 42 heavy (non-hydrogen) atoms. The van der Waals surface area contributed by atoms with E-state index in [1.807, 2.05) is 36.2 Å². The van der Waals surface area contributed by atoms with E-state index < -0.39 is 11.6 Å². The first-order chi connectivity index (χ1) is 20.4. The molecule has 2 saturated heterocycles. The Morgan fingerprint density at radius 2 is 1.81 bits per heavy atom. The van der Waals surface area contributed by atoms with Crippen molar-refractivity contribution in [1.82, 2.24) is 20.2 Å². The number of likely N-dealkylation sites (N-methyl/N-ethyl adjacent to an activating group) is 1. The van der Waals surface area contributed by atoms with Crippen LogP contribution in [-0.2, 0) is 6.54 Å². The third-order valence-electron chi connectivity index (χ3n) is 8.49. The molecule has 3 unspecified atom stereocenters. The molecule has 0 spiro atoms. The van der Waals surface area contributed by atoms with Crippen molar-refractivity contribution in [3.63, 3.8) is 0 Å². The summed E-state index contributed by atoms with van der Waals surface area (Å²) in [5.41, 5.74) is 3.74. The summed E-state index contributed by atoms with van der Waals surface area (Å²) >= 11 is 6.32. The number of carbonyl (C=O) groups excluding carboxylic acids is 1. The second-order valence-electron chi connectivity index (χ2n) is 10.9. The van der Waals surface area contributed by atoms with Crippen LogP contribution in [0.1, 0.15) is 46.3 Å². The summed E-state index contributed by atoms with van der Waals surface area (Å²) in [6, 6.07) is 17.1. The van der Waals surface area contributed by atoms with E-state index in [2.05, 4.69) is 20.6 Å². The van der Waals surface area contributed by atoms with Crippen LogP contribution in [0.25, 0.3) is 11.3 Å². The standard InChI is InChI=1S/C32H27ClF2N6O/c1-36-26-14-21-10-12-27(26)41(21)31(42)17-5-8-20(9-6-17)39-32-38-16-18-15-37-30(28-24(34)3-2-4-25(28)35)23-13-19(33)7-11-22(23)29(18)40-32/h2-9,11,13,16,21,26-27,36H,10,12,14-15H2,1H3,(H,38,39,40). The fraction of sp³-hybridized carbons (Fsp3) is 0.250. The van der Waals surface area contributed by atoms with Gasteiger partial charge in [0.2, 0.25) is 5.95 Å². The summed E-state index contributed by atoms with van der Waals surface area (Å²) in [6.45, 7) is 0.134. The number of fused-ring (bicyclic) bond motifs is 5. The molecule has 4 heterocycles. The fourth-order valence-corrected chi connectivity index (χ4v) is 6.68. The topological polar surface area (TPSA) is 82.5 Å². The van der Waals surface area contributed by atoms with Crippen LogP contribution in [-0.4, -0.2) is 51.7 Å². The number of hydrogen-bond donors (Lipinski definition) is 2. The van der Waals surface area contributed by atoms with Gasteiger partial charge in [0.05, 0.1) is 23.5 Å². The minimum absolute atomic E-state index is 0.0606. The quantitative estimate of drug-likeness (QED) is 0.295. The van der Waals surface area contributed by atoms with Crippen LogP contribution in [0.2, 0.25) is 5.02 Å². The molecule has 2 N–H and O–H groups in total. The predicted octanol–water partition coefficient (Wildman–Crippen LogP) is 6.13. The van der Waals surface area contributed by atoms with E-state index in [-0.39, 0.29) is 29.8 Å². The zero-order valence-corrected chi connectivity index (χ0v) is 23.5. The van der Waals surface area contributed by atoms with Crippen molar-refractivity contribution < 1.29 is 13.6 Å². The number of nitrogens with one attached hydrogen (secondary N) is 2. The number of anilines is 2. The molecule has 2 bridgehead atoms. The van der Waals surface area contributed by atoms with Crippen LogP contribution < -0.4 is 10.6 Å². The fourth-order valence-electron chi connectivity index (χ4n) is 6.51. The van der Waals surface area contributed by atoms with Gasteiger partial charge in [0.25, 0.3) is 5.91 Å². The second kappa shape index (κ2) is 10.6. The van der Waals surface area contributed by atoms with Crippen LogP contribution >= 0.6 is 11.6 Å². The van der Waals surface area contributed by atoms with Gasteiger partial charge in [-0.3, -0.25) is 9.79 Å². The lowest BCUT2D eigenvalue weighted by Crippen LogP contribution is -2.41. The second-order valence-corrected chi connectivity index (χ2v) is 11.3. The van der Waals surface area contributed by atoms with Crippen molar-refractivity contribution >= 4 is 34.9 Å². The van der Waals surface area contributed by atoms with Gasteiger partial charge in [0.1, 0.15) is 11.6 Å². The van der Waals surface area contributed by atoms with E-state index in [0.29, 0.717) is 51.0 Å². The molecule has 1 aromatic heterocycles. The summed E-state index contributed by atoms with van der Waals surface area (Å²) in [5.74, 6) is -1.02. The average Bonchev–Trinajstić information content (AvgIpc) is 3.53. The highest BCUT2D eigenvalue weighted by atomic mass is 35.5. The number of amides is 1. The highest BCUT2D eigenvalue weighted by Gasteiger charge is 2.48. The maximum Gasteiger partial charge on any atom is 0.254 e. The van der Waals surface area contributed by atoms with Gasteiger partial charge in [-0.15, -0.1) is 0 Å². The summed E-state index contributed by atoms with van der Waals surface area (Å²) in [4.78, 5) is 29.2. The Morgan fingerprint density at radius 1 is 1.02 bits per heavy atom. The third-order valence-corrected chi connectivity index (χ3v) is 8.73. The largest absolute Gasteiger partial charge is 0.331 e. The van der Waals surface area contributed by atoms with Crippen LogP contribution in [0, 0.1) is 11.6 Å². The third kappa shape index (κ3) is 4.53. The monoisotopic (exact) mass is 584 g/mol. The maximum atomic E-state index is 14.8. The van der Waals surface area contributed by atoms with Crippen molar-refractivity contribution in [2.75, 3.05) is 12.4 Å². The highest BCUT2D eigenvalue weighted by Crippen LogP contribution is 2.39. The lowest BCUT2D eigenvalue weighted by molar-refractivity contribution is 0.0724. The summed E-state index contributed by atoms with van der Waals surface area (Å²) in [5, 5.41) is 6.98. The molecule has 212 valence electrons. The highest BCUT2D eigenvalue weighted by molar-refractivity contribution is 6.31. The molecule has 7 rings (SSSR count). The van der Waals surface area contributed by atoms with Gasteiger partial charge in [0.15, 0.2) is 0 Å². The minimum Gasteiger partial charge on any atom is -0.331 e. The molecule has 1 amide bonds. The first-order valence-electron chi connectivity index (χ1n) is 13.9. The van der Waals surface area contributed by atoms with E-state index in [1.165, 1.54) is 18.2 Å². The molecule has 2 fully saturated rings. The smallest absolute Gasteiger partial charge is 0.254 e. The van der Waals surface area contributed by atoms with Gasteiger partial charge in [-0.25, -0.2) is 18.7 Å². The lowest BCUT2D eigenvalue weighted by Gasteiger charge is -2.24. The van der Waals surface area contributed by atoms with Crippen LogP contribution in [0.5, 0.6) is 0 Å². The van der Waals surface area contributed by atoms with Crippen LogP contribution in [0.3, 0.4) is 0 Å². The van der Waals surface area contributed by atoms with E-state index >= 15 is 0 Å². The summed E-state index contributed by atoms with van der Waals surface area (Å²) in [6.07, 6.45) is 4.75. The number of nitrogens with zero attached hydrogens (tertiary/aromatic N) is 4. The Morgan fingerprint density at radius 3 is 2.55 bits per heavy atom. The molecule has 7 nitrogen and oxygen atoms in total. The minimum atomic E-state index is -0.708. The Kier molecular flexibility index (Phi) is 6.71. The zero-order valence-electron chi connectivity index (χ0n) is 22.7. The number of hydrogen-bond acceptors (Lipinski definition) is 6. The van der Waals surface area contributed by atoms with Gasteiger partial charge < -0.3 is 15.5 Å². The number of halogens is 3. The van der Waals surface area contributed by atoms with Crippen molar-refractivity contribution in [3.8, 4) is 11.3 Å². The van der Waals surface area contributed by atoms with Crippen LogP contribution in [0.4, 0.5) is 20.4 Å². The Labute approximate surface area is 246 Å². The van der Waals surface area contributed by atoms with Gasteiger partial charge in [-0.1, -0.05) is 23.7 Å². The number of benzene rings is 3. The van der Waals surface area contributed by atoms with E-state index in [4.69, 9.17) is 16.6 Å². The van der Waals surface area contributed by atoms with Crippen molar-refractivity contribution in [3.05, 3.63) is 106 Å². The molecule has 3 aromatic carbocycles. The van der Waals surface area contributed by atoms with Gasteiger partial charge >= 0.3 is 0 Å². The van der Waals surface area contributed by atoms with Gasteiger partial charge in [-0.05, 0) is 74.8 Å². The predicted molar refractivity (Wildman–Crippen MR) is 158 cm³/mol. The average molecular weight is 585 g/mol.